The van der Waals surface area contributed by atoms with Gasteiger partial charge < -0.3 is 20.1 Å². The van der Waals surface area contributed by atoms with Crippen LogP contribution in [0.5, 0.6) is 11.5 Å². The molecule has 1 aliphatic rings. The van der Waals surface area contributed by atoms with Crippen molar-refractivity contribution in [2.45, 2.75) is 19.9 Å². The Balaban J connectivity index is 1.40. The fourth-order valence-electron chi connectivity index (χ4n) is 2.64. The van der Waals surface area contributed by atoms with Crippen LogP contribution in [-0.2, 0) is 13.0 Å². The molecule has 2 aromatic carbocycles. The molecule has 0 amide bonds. The smallest absolute Gasteiger partial charge is 0.249 e. The summed E-state index contributed by atoms with van der Waals surface area (Å²) in [5.74, 6) is 2.64. The van der Waals surface area contributed by atoms with Crippen LogP contribution < -0.4 is 20.1 Å². The Bertz CT molecular complexity index is 899. The molecule has 1 aromatic heterocycles. The van der Waals surface area contributed by atoms with Gasteiger partial charge in [0, 0.05) is 12.2 Å². The molecule has 0 unspecified atom stereocenters. The Morgan fingerprint density at radius 3 is 2.65 bits per heavy atom. The number of anilines is 3. The SMILES string of the molecule is CCc1ccc(Nc2nncc(NCc3ccc4c(c3)OCO4)n2)cc1. The topological polar surface area (TPSA) is 81.2 Å². The van der Waals surface area contributed by atoms with E-state index in [1.54, 1.807) is 6.20 Å². The third-order valence-corrected chi connectivity index (χ3v) is 4.09. The standard InChI is InChI=1S/C19H19N5O2/c1-2-13-3-6-15(7-4-13)22-19-23-18(11-21-24-19)20-10-14-5-8-16-17(9-14)26-12-25-16/h3-9,11H,2,10,12H2,1H3,(H2,20,22,23,24). The van der Waals surface area contributed by atoms with Crippen LogP contribution in [0.3, 0.4) is 0 Å². The molecule has 4 rings (SSSR count). The maximum atomic E-state index is 5.40. The number of fused-ring (bicyclic) bond motifs is 1. The van der Waals surface area contributed by atoms with Gasteiger partial charge in [-0.05, 0) is 41.8 Å². The Hall–Kier alpha value is -3.35. The zero-order valence-corrected chi connectivity index (χ0v) is 14.4. The van der Waals surface area contributed by atoms with E-state index in [4.69, 9.17) is 9.47 Å². The molecular formula is C19H19N5O2. The van der Waals surface area contributed by atoms with E-state index in [-0.39, 0.29) is 6.79 Å². The first-order chi connectivity index (χ1) is 12.8. The molecule has 0 spiro atoms. The molecule has 1 aliphatic heterocycles. The zero-order valence-electron chi connectivity index (χ0n) is 14.4. The molecule has 26 heavy (non-hydrogen) atoms. The molecule has 3 aromatic rings. The number of nitrogens with zero attached hydrogens (tertiary/aromatic N) is 3. The van der Waals surface area contributed by atoms with Crippen LogP contribution in [0.25, 0.3) is 0 Å². The van der Waals surface area contributed by atoms with Gasteiger partial charge in [-0.15, -0.1) is 5.10 Å². The molecule has 2 N–H and O–H groups in total. The number of nitrogens with one attached hydrogen (secondary N) is 2. The molecule has 0 aliphatic carbocycles. The van der Waals surface area contributed by atoms with E-state index >= 15 is 0 Å². The highest BCUT2D eigenvalue weighted by atomic mass is 16.7. The van der Waals surface area contributed by atoms with Gasteiger partial charge in [-0.2, -0.15) is 10.1 Å². The average Bonchev–Trinajstić information content (AvgIpc) is 3.15. The van der Waals surface area contributed by atoms with Crippen molar-refractivity contribution in [3.05, 3.63) is 59.8 Å². The van der Waals surface area contributed by atoms with Crippen molar-refractivity contribution in [2.24, 2.45) is 0 Å². The fraction of sp³-hybridized carbons (Fsp3) is 0.211. The predicted octanol–water partition coefficient (Wildman–Crippen LogP) is 3.52. The van der Waals surface area contributed by atoms with Gasteiger partial charge in [0.1, 0.15) is 0 Å². The second kappa shape index (κ2) is 7.26. The zero-order chi connectivity index (χ0) is 17.8. The minimum Gasteiger partial charge on any atom is -0.454 e. The highest BCUT2D eigenvalue weighted by Gasteiger charge is 2.13. The van der Waals surface area contributed by atoms with Crippen molar-refractivity contribution in [2.75, 3.05) is 17.4 Å². The van der Waals surface area contributed by atoms with Crippen LogP contribution in [0, 0.1) is 0 Å². The van der Waals surface area contributed by atoms with Crippen molar-refractivity contribution in [1.82, 2.24) is 15.2 Å². The molecule has 0 radical (unpaired) electrons. The molecule has 0 atom stereocenters. The van der Waals surface area contributed by atoms with E-state index in [0.29, 0.717) is 18.3 Å². The van der Waals surface area contributed by atoms with Gasteiger partial charge in [0.05, 0.1) is 6.20 Å². The van der Waals surface area contributed by atoms with Crippen molar-refractivity contribution in [3.63, 3.8) is 0 Å². The minimum atomic E-state index is 0.274. The summed E-state index contributed by atoms with van der Waals surface area (Å²) in [7, 11) is 0. The van der Waals surface area contributed by atoms with Gasteiger partial charge in [-0.3, -0.25) is 0 Å². The summed E-state index contributed by atoms with van der Waals surface area (Å²) >= 11 is 0. The van der Waals surface area contributed by atoms with Gasteiger partial charge in [-0.1, -0.05) is 25.1 Å². The number of hydrogen-bond acceptors (Lipinski definition) is 7. The number of hydrogen-bond donors (Lipinski definition) is 2. The summed E-state index contributed by atoms with van der Waals surface area (Å²) in [5.41, 5.74) is 3.28. The van der Waals surface area contributed by atoms with Gasteiger partial charge in [-0.25, -0.2) is 0 Å². The molecule has 7 heteroatoms. The quantitative estimate of drug-likeness (QED) is 0.704. The minimum absolute atomic E-state index is 0.274. The van der Waals surface area contributed by atoms with Crippen LogP contribution >= 0.6 is 0 Å². The lowest BCUT2D eigenvalue weighted by Gasteiger charge is -2.08. The van der Waals surface area contributed by atoms with Gasteiger partial charge in [0.25, 0.3) is 0 Å². The van der Waals surface area contributed by atoms with E-state index < -0.39 is 0 Å². The van der Waals surface area contributed by atoms with E-state index in [1.807, 2.05) is 30.3 Å². The normalized spacial score (nSPS) is 12.0. The average molecular weight is 349 g/mol. The van der Waals surface area contributed by atoms with Crippen LogP contribution in [0.1, 0.15) is 18.1 Å². The third kappa shape index (κ3) is 3.66. The summed E-state index contributed by atoms with van der Waals surface area (Å²) < 4.78 is 10.7. The van der Waals surface area contributed by atoms with E-state index in [0.717, 1.165) is 29.2 Å². The maximum absolute atomic E-state index is 5.40. The number of aromatic nitrogens is 3. The second-order valence-electron chi connectivity index (χ2n) is 5.88. The van der Waals surface area contributed by atoms with E-state index in [1.165, 1.54) is 5.56 Å². The van der Waals surface area contributed by atoms with Crippen LogP contribution in [0.4, 0.5) is 17.5 Å². The Kier molecular flexibility index (Phi) is 4.51. The Morgan fingerprint density at radius 1 is 1.00 bits per heavy atom. The Morgan fingerprint density at radius 2 is 1.81 bits per heavy atom. The number of ether oxygens (including phenoxy) is 2. The van der Waals surface area contributed by atoms with Gasteiger partial charge in [0.2, 0.25) is 12.7 Å². The van der Waals surface area contributed by atoms with Crippen molar-refractivity contribution >= 4 is 17.5 Å². The molecule has 0 saturated carbocycles. The lowest BCUT2D eigenvalue weighted by molar-refractivity contribution is 0.174. The largest absolute Gasteiger partial charge is 0.454 e. The first-order valence-corrected chi connectivity index (χ1v) is 8.48. The third-order valence-electron chi connectivity index (χ3n) is 4.09. The highest BCUT2D eigenvalue weighted by molar-refractivity contribution is 5.54. The first kappa shape index (κ1) is 16.1. The monoisotopic (exact) mass is 349 g/mol. The highest BCUT2D eigenvalue weighted by Crippen LogP contribution is 2.32. The maximum Gasteiger partial charge on any atom is 0.249 e. The fourth-order valence-corrected chi connectivity index (χ4v) is 2.64. The van der Waals surface area contributed by atoms with Crippen LogP contribution in [0.15, 0.2) is 48.7 Å². The second-order valence-corrected chi connectivity index (χ2v) is 5.88. The van der Waals surface area contributed by atoms with Gasteiger partial charge in [0.15, 0.2) is 17.3 Å². The van der Waals surface area contributed by atoms with Crippen molar-refractivity contribution < 1.29 is 9.47 Å². The summed E-state index contributed by atoms with van der Waals surface area (Å²) in [6, 6.07) is 14.0. The van der Waals surface area contributed by atoms with Crippen molar-refractivity contribution in [1.29, 1.82) is 0 Å². The van der Waals surface area contributed by atoms with E-state index in [2.05, 4.69) is 44.9 Å². The van der Waals surface area contributed by atoms with E-state index in [9.17, 15) is 0 Å². The first-order valence-electron chi connectivity index (χ1n) is 8.48. The van der Waals surface area contributed by atoms with Crippen molar-refractivity contribution in [3.8, 4) is 11.5 Å². The molecule has 0 bridgehead atoms. The molecule has 2 heterocycles. The molecular weight excluding hydrogens is 330 g/mol. The van der Waals surface area contributed by atoms with Gasteiger partial charge >= 0.3 is 0 Å². The lowest BCUT2D eigenvalue weighted by Crippen LogP contribution is -2.05. The summed E-state index contributed by atoms with van der Waals surface area (Å²) in [6.45, 7) is 3.00. The molecule has 0 saturated heterocycles. The number of aryl methyl sites for hydroxylation is 1. The molecule has 7 nitrogen and oxygen atoms in total. The Labute approximate surface area is 151 Å². The summed E-state index contributed by atoms with van der Waals surface area (Å²) in [6.07, 6.45) is 2.61. The molecule has 0 fully saturated rings. The number of benzene rings is 2. The summed E-state index contributed by atoms with van der Waals surface area (Å²) in [4.78, 5) is 4.45. The summed E-state index contributed by atoms with van der Waals surface area (Å²) in [5, 5.41) is 14.4. The number of rotatable bonds is 6. The van der Waals surface area contributed by atoms with Crippen LogP contribution in [-0.4, -0.2) is 22.0 Å². The lowest BCUT2D eigenvalue weighted by atomic mass is 10.1. The van der Waals surface area contributed by atoms with Crippen LogP contribution in [0.2, 0.25) is 0 Å². The molecule has 132 valence electrons. The predicted molar refractivity (Wildman–Crippen MR) is 98.8 cm³/mol.